The van der Waals surface area contributed by atoms with Gasteiger partial charge in [0.05, 0.1) is 13.7 Å². The van der Waals surface area contributed by atoms with Crippen LogP contribution in [0.2, 0.25) is 0 Å². The van der Waals surface area contributed by atoms with Gasteiger partial charge in [-0.05, 0) is 45.0 Å². The van der Waals surface area contributed by atoms with Gasteiger partial charge in [-0.25, -0.2) is 4.79 Å². The number of hydrogen-bond donors (Lipinski definition) is 1. The second-order valence-corrected chi connectivity index (χ2v) is 4.98. The Morgan fingerprint density at radius 3 is 2.89 bits per heavy atom. The highest BCUT2D eigenvalue weighted by Gasteiger charge is 2.17. The molecule has 1 N–H and O–H groups in total. The number of ether oxygens (including phenoxy) is 1. The molecule has 1 aromatic rings. The van der Waals surface area contributed by atoms with Gasteiger partial charge in [-0.15, -0.1) is 0 Å². The quantitative estimate of drug-likeness (QED) is 0.793. The van der Waals surface area contributed by atoms with Gasteiger partial charge in [0, 0.05) is 12.6 Å². The molecule has 1 aliphatic heterocycles. The fraction of sp³-hybridized carbons (Fsp3) is 0.643. The summed E-state index contributed by atoms with van der Waals surface area (Å²) in [6, 6.07) is 3.99. The first-order chi connectivity index (χ1) is 9.20. The van der Waals surface area contributed by atoms with Crippen molar-refractivity contribution >= 4 is 5.97 Å². The number of carbonyl (C=O) groups is 1. The average molecular weight is 266 g/mol. The lowest BCUT2D eigenvalue weighted by atomic mass is 10.3. The zero-order valence-corrected chi connectivity index (χ0v) is 11.6. The fourth-order valence-electron chi connectivity index (χ4n) is 2.40. The van der Waals surface area contributed by atoms with Crippen molar-refractivity contribution in [2.45, 2.75) is 32.4 Å². The van der Waals surface area contributed by atoms with E-state index in [1.54, 1.807) is 12.1 Å². The number of furan rings is 1. The molecular formula is C14H22N2O3. The molecule has 5 nitrogen and oxygen atoms in total. The largest absolute Gasteiger partial charge is 0.463 e. The Bertz CT molecular complexity index is 411. The zero-order chi connectivity index (χ0) is 13.7. The molecule has 0 radical (unpaired) electrons. The number of nitrogens with zero attached hydrogens (tertiary/aromatic N) is 1. The molecule has 19 heavy (non-hydrogen) atoms. The second-order valence-electron chi connectivity index (χ2n) is 4.98. The van der Waals surface area contributed by atoms with Crippen molar-refractivity contribution in [2.75, 3.05) is 26.7 Å². The Kier molecular flexibility index (Phi) is 4.99. The zero-order valence-electron chi connectivity index (χ0n) is 11.6. The first-order valence-electron chi connectivity index (χ1n) is 6.82. The maximum absolute atomic E-state index is 11.2. The lowest BCUT2D eigenvalue weighted by Gasteiger charge is -2.23. The molecule has 0 saturated carbocycles. The highest BCUT2D eigenvalue weighted by atomic mass is 16.5. The molecule has 1 aliphatic rings. The summed E-state index contributed by atoms with van der Waals surface area (Å²) in [7, 11) is 1.35. The minimum absolute atomic E-state index is 0.256. The predicted molar refractivity (Wildman–Crippen MR) is 72.0 cm³/mol. The van der Waals surface area contributed by atoms with Crippen molar-refractivity contribution in [1.82, 2.24) is 10.2 Å². The van der Waals surface area contributed by atoms with Crippen molar-refractivity contribution < 1.29 is 13.9 Å². The van der Waals surface area contributed by atoms with Crippen molar-refractivity contribution in [1.29, 1.82) is 0 Å². The van der Waals surface area contributed by atoms with E-state index in [9.17, 15) is 4.79 Å². The topological polar surface area (TPSA) is 54.7 Å². The first-order valence-corrected chi connectivity index (χ1v) is 6.82. The van der Waals surface area contributed by atoms with Crippen molar-refractivity contribution in [2.24, 2.45) is 0 Å². The van der Waals surface area contributed by atoms with Gasteiger partial charge >= 0.3 is 5.97 Å². The van der Waals surface area contributed by atoms with E-state index >= 15 is 0 Å². The third-order valence-corrected chi connectivity index (χ3v) is 3.55. The lowest BCUT2D eigenvalue weighted by molar-refractivity contribution is 0.0563. The fourth-order valence-corrected chi connectivity index (χ4v) is 2.40. The number of esters is 1. The van der Waals surface area contributed by atoms with Crippen LogP contribution < -0.4 is 5.32 Å². The standard InChI is InChI=1S/C14H22N2O3/c1-11(16-7-3-4-8-16)9-15-10-12-5-6-13(19-12)14(17)18-2/h5-6,11,15H,3-4,7-10H2,1-2H3. The number of rotatable bonds is 6. The van der Waals surface area contributed by atoms with E-state index in [0.29, 0.717) is 12.6 Å². The van der Waals surface area contributed by atoms with E-state index in [1.807, 2.05) is 0 Å². The van der Waals surface area contributed by atoms with Crippen LogP contribution in [0.25, 0.3) is 0 Å². The Hall–Kier alpha value is -1.33. The summed E-state index contributed by atoms with van der Waals surface area (Å²) in [5.41, 5.74) is 0. The van der Waals surface area contributed by atoms with E-state index in [4.69, 9.17) is 4.42 Å². The molecule has 106 valence electrons. The average Bonchev–Trinajstić information content (AvgIpc) is 3.08. The van der Waals surface area contributed by atoms with Crippen LogP contribution in [0.4, 0.5) is 0 Å². The molecule has 5 heteroatoms. The Morgan fingerprint density at radius 2 is 2.21 bits per heavy atom. The third-order valence-electron chi connectivity index (χ3n) is 3.55. The first kappa shape index (κ1) is 14.1. The number of methoxy groups -OCH3 is 1. The Morgan fingerprint density at radius 1 is 1.47 bits per heavy atom. The SMILES string of the molecule is COC(=O)c1ccc(CNCC(C)N2CCCC2)o1. The monoisotopic (exact) mass is 266 g/mol. The van der Waals surface area contributed by atoms with E-state index in [0.717, 1.165) is 12.3 Å². The maximum atomic E-state index is 11.2. The highest BCUT2D eigenvalue weighted by Crippen LogP contribution is 2.11. The van der Waals surface area contributed by atoms with E-state index in [2.05, 4.69) is 21.9 Å². The van der Waals surface area contributed by atoms with Crippen LogP contribution in [0.5, 0.6) is 0 Å². The van der Waals surface area contributed by atoms with Crippen LogP contribution in [0.3, 0.4) is 0 Å². The highest BCUT2D eigenvalue weighted by molar-refractivity contribution is 5.86. The summed E-state index contributed by atoms with van der Waals surface area (Å²) in [6.45, 7) is 6.20. The normalized spacial score (nSPS) is 17.6. The molecule has 1 atom stereocenters. The van der Waals surface area contributed by atoms with Gasteiger partial charge < -0.3 is 14.5 Å². The molecular weight excluding hydrogens is 244 g/mol. The molecule has 0 aliphatic carbocycles. The van der Waals surface area contributed by atoms with Crippen molar-refractivity contribution in [3.8, 4) is 0 Å². The molecule has 0 aromatic carbocycles. The van der Waals surface area contributed by atoms with Gasteiger partial charge in [-0.1, -0.05) is 0 Å². The summed E-state index contributed by atoms with van der Waals surface area (Å²) >= 11 is 0. The van der Waals surface area contributed by atoms with Crippen LogP contribution in [0, 0.1) is 0 Å². The molecule has 2 heterocycles. The van der Waals surface area contributed by atoms with Crippen LogP contribution in [0.1, 0.15) is 36.1 Å². The number of hydrogen-bond acceptors (Lipinski definition) is 5. The van der Waals surface area contributed by atoms with Gasteiger partial charge in [0.15, 0.2) is 0 Å². The van der Waals surface area contributed by atoms with Gasteiger partial charge in [0.25, 0.3) is 0 Å². The molecule has 1 unspecified atom stereocenters. The Labute approximate surface area is 113 Å². The summed E-state index contributed by atoms with van der Waals surface area (Å²) in [5.74, 6) is 0.581. The van der Waals surface area contributed by atoms with E-state index < -0.39 is 5.97 Å². The van der Waals surface area contributed by atoms with E-state index in [-0.39, 0.29) is 5.76 Å². The summed E-state index contributed by atoms with van der Waals surface area (Å²) in [5, 5.41) is 3.36. The number of likely N-dealkylation sites (tertiary alicyclic amines) is 1. The molecule has 1 aromatic heterocycles. The maximum Gasteiger partial charge on any atom is 0.373 e. The molecule has 0 bridgehead atoms. The smallest absolute Gasteiger partial charge is 0.373 e. The molecule has 0 amide bonds. The second kappa shape index (κ2) is 6.73. The van der Waals surface area contributed by atoms with Crippen LogP contribution in [0.15, 0.2) is 16.5 Å². The molecule has 1 fully saturated rings. The molecule has 1 saturated heterocycles. The van der Waals surface area contributed by atoms with Gasteiger partial charge in [0.1, 0.15) is 5.76 Å². The van der Waals surface area contributed by atoms with Crippen LogP contribution in [-0.2, 0) is 11.3 Å². The third kappa shape index (κ3) is 3.81. The summed E-state index contributed by atoms with van der Waals surface area (Å²) < 4.78 is 9.99. The minimum atomic E-state index is -0.434. The summed E-state index contributed by atoms with van der Waals surface area (Å²) in [6.07, 6.45) is 2.62. The predicted octanol–water partition coefficient (Wildman–Crippen LogP) is 1.64. The number of carbonyl (C=O) groups excluding carboxylic acids is 1. The number of nitrogens with one attached hydrogen (secondary N) is 1. The van der Waals surface area contributed by atoms with Crippen molar-refractivity contribution in [3.05, 3.63) is 23.7 Å². The van der Waals surface area contributed by atoms with Crippen LogP contribution in [-0.4, -0.2) is 43.7 Å². The lowest BCUT2D eigenvalue weighted by Crippen LogP contribution is -2.38. The minimum Gasteiger partial charge on any atom is -0.463 e. The molecule has 2 rings (SSSR count). The van der Waals surface area contributed by atoms with Gasteiger partial charge in [-0.3, -0.25) is 4.90 Å². The molecule has 0 spiro atoms. The van der Waals surface area contributed by atoms with Gasteiger partial charge in [0.2, 0.25) is 5.76 Å². The van der Waals surface area contributed by atoms with Gasteiger partial charge in [-0.2, -0.15) is 0 Å². The summed E-state index contributed by atoms with van der Waals surface area (Å²) in [4.78, 5) is 13.7. The van der Waals surface area contributed by atoms with E-state index in [1.165, 1.54) is 33.0 Å². The van der Waals surface area contributed by atoms with Crippen LogP contribution >= 0.6 is 0 Å². The van der Waals surface area contributed by atoms with Crippen molar-refractivity contribution in [3.63, 3.8) is 0 Å². The Balaban J connectivity index is 1.73.